The lowest BCUT2D eigenvalue weighted by atomic mass is 9.55. The molecule has 3 fully saturated rings. The van der Waals surface area contributed by atoms with E-state index in [0.29, 0.717) is 5.41 Å². The van der Waals surface area contributed by atoms with E-state index in [-0.39, 0.29) is 5.91 Å². The Hall–Kier alpha value is -1.01. The van der Waals surface area contributed by atoms with Crippen molar-refractivity contribution in [1.29, 1.82) is 0 Å². The smallest absolute Gasteiger partial charge is 0.298 e. The van der Waals surface area contributed by atoms with Crippen molar-refractivity contribution in [3.63, 3.8) is 0 Å². The summed E-state index contributed by atoms with van der Waals surface area (Å²) in [5, 5.41) is 0. The van der Waals surface area contributed by atoms with E-state index in [4.69, 9.17) is 0 Å². The number of carbonyl (C=O) groups excluding carboxylic acids is 1. The van der Waals surface area contributed by atoms with Crippen LogP contribution in [0.15, 0.2) is 0 Å². The third-order valence-electron chi connectivity index (χ3n) is 5.62. The van der Waals surface area contributed by atoms with Gasteiger partial charge in [0.2, 0.25) is 0 Å². The molecular formula is C18H28N2O. The van der Waals surface area contributed by atoms with Gasteiger partial charge >= 0.3 is 0 Å². The second-order valence-electron chi connectivity index (χ2n) is 7.71. The Morgan fingerprint density at radius 1 is 1.19 bits per heavy atom. The van der Waals surface area contributed by atoms with E-state index in [1.807, 2.05) is 4.90 Å². The van der Waals surface area contributed by atoms with Crippen molar-refractivity contribution < 1.29 is 4.79 Å². The van der Waals surface area contributed by atoms with Gasteiger partial charge in [-0.15, -0.1) is 0 Å². The quantitative estimate of drug-likeness (QED) is 0.728. The molecule has 21 heavy (non-hydrogen) atoms. The summed E-state index contributed by atoms with van der Waals surface area (Å²) in [5.74, 6) is 7.65. The molecule has 1 aliphatic carbocycles. The molecular weight excluding hydrogens is 260 g/mol. The average Bonchev–Trinajstić information content (AvgIpc) is 2.36. The highest BCUT2D eigenvalue weighted by Crippen LogP contribution is 2.54. The molecule has 3 aliphatic rings. The molecule has 3 nitrogen and oxygen atoms in total. The molecule has 2 saturated heterocycles. The van der Waals surface area contributed by atoms with Crippen molar-refractivity contribution in [2.75, 3.05) is 32.7 Å². The Balaban J connectivity index is 1.38. The zero-order valence-electron chi connectivity index (χ0n) is 13.5. The number of nitrogens with zero attached hydrogens (tertiary/aromatic N) is 2. The number of rotatable bonds is 2. The fraction of sp³-hybridized carbons (Fsp3) is 0.833. The first-order chi connectivity index (χ1) is 10.1. The Morgan fingerprint density at radius 2 is 1.86 bits per heavy atom. The molecule has 0 atom stereocenters. The molecule has 1 saturated carbocycles. The van der Waals surface area contributed by atoms with Crippen molar-refractivity contribution in [3.05, 3.63) is 0 Å². The third-order valence-corrected chi connectivity index (χ3v) is 5.62. The Morgan fingerprint density at radius 3 is 2.48 bits per heavy atom. The first-order valence-corrected chi connectivity index (χ1v) is 8.58. The number of likely N-dealkylation sites (tertiary alicyclic amines) is 2. The predicted octanol–water partition coefficient (Wildman–Crippen LogP) is 2.37. The van der Waals surface area contributed by atoms with E-state index in [1.54, 1.807) is 0 Å². The van der Waals surface area contributed by atoms with E-state index in [2.05, 4.69) is 30.6 Å². The Bertz CT molecular complexity index is 440. The zero-order valence-corrected chi connectivity index (χ0v) is 13.5. The highest BCUT2D eigenvalue weighted by Gasteiger charge is 2.53. The molecule has 2 aliphatic heterocycles. The average molecular weight is 288 g/mol. The SMILES string of the molecule is CC(C)C1CC2(C1)CN(C(=O)C#CCN1CCCCC1)C2. The zero-order chi connectivity index (χ0) is 14.9. The molecule has 2 heterocycles. The largest absolute Gasteiger partial charge is 0.331 e. The summed E-state index contributed by atoms with van der Waals surface area (Å²) in [4.78, 5) is 16.3. The number of hydrogen-bond donors (Lipinski definition) is 0. The third kappa shape index (κ3) is 3.26. The van der Waals surface area contributed by atoms with Gasteiger partial charge in [-0.2, -0.15) is 0 Å². The van der Waals surface area contributed by atoms with Gasteiger partial charge in [0.25, 0.3) is 5.91 Å². The van der Waals surface area contributed by atoms with Crippen LogP contribution in [0.5, 0.6) is 0 Å². The molecule has 116 valence electrons. The summed E-state index contributed by atoms with van der Waals surface area (Å²) in [5.41, 5.74) is 0.471. The summed E-state index contributed by atoms with van der Waals surface area (Å²) in [7, 11) is 0. The molecule has 1 amide bonds. The number of hydrogen-bond acceptors (Lipinski definition) is 2. The van der Waals surface area contributed by atoms with Crippen LogP contribution in [-0.4, -0.2) is 48.4 Å². The molecule has 3 heteroatoms. The number of amides is 1. The van der Waals surface area contributed by atoms with Crippen LogP contribution >= 0.6 is 0 Å². The standard InChI is InChI=1S/C18H28N2O/c1-15(2)16-11-18(12-16)13-20(14-18)17(21)7-6-10-19-8-4-3-5-9-19/h15-16H,3-5,8-14H2,1-2H3. The van der Waals surface area contributed by atoms with Crippen LogP contribution in [0.2, 0.25) is 0 Å². The summed E-state index contributed by atoms with van der Waals surface area (Å²) in [6.07, 6.45) is 6.53. The van der Waals surface area contributed by atoms with Crippen LogP contribution in [0.25, 0.3) is 0 Å². The van der Waals surface area contributed by atoms with E-state index in [1.165, 1.54) is 32.1 Å². The number of carbonyl (C=O) groups is 1. The molecule has 0 aromatic rings. The molecule has 0 unspecified atom stereocenters. The second-order valence-corrected chi connectivity index (χ2v) is 7.71. The molecule has 0 radical (unpaired) electrons. The summed E-state index contributed by atoms with van der Waals surface area (Å²) in [6.45, 7) is 9.58. The molecule has 1 spiro atoms. The molecule has 0 aromatic heterocycles. The van der Waals surface area contributed by atoms with Crippen LogP contribution < -0.4 is 0 Å². The van der Waals surface area contributed by atoms with Crippen molar-refractivity contribution in [2.24, 2.45) is 17.3 Å². The van der Waals surface area contributed by atoms with Crippen molar-refractivity contribution in [3.8, 4) is 11.8 Å². The first kappa shape index (κ1) is 14.9. The fourth-order valence-electron chi connectivity index (χ4n) is 4.11. The predicted molar refractivity (Wildman–Crippen MR) is 84.6 cm³/mol. The van der Waals surface area contributed by atoms with Crippen LogP contribution in [0.1, 0.15) is 46.0 Å². The van der Waals surface area contributed by atoms with E-state index < -0.39 is 0 Å². The molecule has 0 N–H and O–H groups in total. The highest BCUT2D eigenvalue weighted by molar-refractivity contribution is 5.94. The minimum atomic E-state index is 0.0469. The molecule has 3 rings (SSSR count). The van der Waals surface area contributed by atoms with Gasteiger partial charge in [-0.25, -0.2) is 0 Å². The minimum absolute atomic E-state index is 0.0469. The van der Waals surface area contributed by atoms with Crippen LogP contribution in [0, 0.1) is 29.1 Å². The summed E-state index contributed by atoms with van der Waals surface area (Å²) in [6, 6.07) is 0. The van der Waals surface area contributed by atoms with Crippen molar-refractivity contribution >= 4 is 5.91 Å². The van der Waals surface area contributed by atoms with Crippen LogP contribution in [0.4, 0.5) is 0 Å². The normalized spacial score (nSPS) is 25.2. The lowest BCUT2D eigenvalue weighted by Crippen LogP contribution is -2.64. The van der Waals surface area contributed by atoms with Gasteiger partial charge in [-0.05, 0) is 56.5 Å². The lowest BCUT2D eigenvalue weighted by Gasteiger charge is -2.59. The maximum atomic E-state index is 12.0. The maximum absolute atomic E-state index is 12.0. The van der Waals surface area contributed by atoms with Crippen molar-refractivity contribution in [2.45, 2.75) is 46.0 Å². The lowest BCUT2D eigenvalue weighted by molar-refractivity contribution is -0.151. The van der Waals surface area contributed by atoms with Gasteiger partial charge in [0.15, 0.2) is 0 Å². The maximum Gasteiger partial charge on any atom is 0.298 e. The number of piperidine rings is 1. The molecule has 0 bridgehead atoms. The first-order valence-electron chi connectivity index (χ1n) is 8.58. The highest BCUT2D eigenvalue weighted by atomic mass is 16.2. The second kappa shape index (κ2) is 6.01. The van der Waals surface area contributed by atoms with Gasteiger partial charge in [0.1, 0.15) is 0 Å². The van der Waals surface area contributed by atoms with Gasteiger partial charge in [0.05, 0.1) is 6.54 Å². The summed E-state index contributed by atoms with van der Waals surface area (Å²) >= 11 is 0. The van der Waals surface area contributed by atoms with Gasteiger partial charge in [-0.1, -0.05) is 26.2 Å². The monoisotopic (exact) mass is 288 g/mol. The fourth-order valence-corrected chi connectivity index (χ4v) is 4.11. The van der Waals surface area contributed by atoms with E-state index in [0.717, 1.165) is 44.6 Å². The van der Waals surface area contributed by atoms with Crippen LogP contribution in [0.3, 0.4) is 0 Å². The van der Waals surface area contributed by atoms with Gasteiger partial charge in [-0.3, -0.25) is 9.69 Å². The Labute approximate surface area is 129 Å². The minimum Gasteiger partial charge on any atom is -0.331 e. The topological polar surface area (TPSA) is 23.6 Å². The van der Waals surface area contributed by atoms with Gasteiger partial charge in [0, 0.05) is 18.5 Å². The summed E-state index contributed by atoms with van der Waals surface area (Å²) < 4.78 is 0. The van der Waals surface area contributed by atoms with Crippen LogP contribution in [-0.2, 0) is 4.79 Å². The van der Waals surface area contributed by atoms with E-state index in [9.17, 15) is 4.79 Å². The Kier molecular flexibility index (Phi) is 4.26. The van der Waals surface area contributed by atoms with E-state index >= 15 is 0 Å². The molecule has 0 aromatic carbocycles. The van der Waals surface area contributed by atoms with Crippen molar-refractivity contribution in [1.82, 2.24) is 9.80 Å². The van der Waals surface area contributed by atoms with Gasteiger partial charge < -0.3 is 4.90 Å².